The van der Waals surface area contributed by atoms with Crippen molar-refractivity contribution in [3.05, 3.63) is 0 Å². The minimum absolute atomic E-state index is 0.0930. The molecule has 0 N–H and O–H groups in total. The fourth-order valence-corrected chi connectivity index (χ4v) is 3.59. The predicted molar refractivity (Wildman–Crippen MR) is 63.2 cm³/mol. The molecule has 0 heterocycles. The van der Waals surface area contributed by atoms with Crippen molar-refractivity contribution in [1.82, 2.24) is 0 Å². The highest BCUT2D eigenvalue weighted by Gasteiger charge is 2.32. The maximum Gasteiger partial charge on any atom is 0.224 e. The van der Waals surface area contributed by atoms with Crippen molar-refractivity contribution in [2.24, 2.45) is 17.8 Å². The van der Waals surface area contributed by atoms with E-state index in [-0.39, 0.29) is 11.2 Å². The van der Waals surface area contributed by atoms with E-state index in [1.807, 2.05) is 0 Å². The van der Waals surface area contributed by atoms with Crippen molar-refractivity contribution in [3.63, 3.8) is 0 Å². The molecule has 0 bridgehead atoms. The van der Waals surface area contributed by atoms with Gasteiger partial charge in [0.2, 0.25) is 5.24 Å². The molecule has 0 aromatic rings. The summed E-state index contributed by atoms with van der Waals surface area (Å²) >= 11 is 5.52. The van der Waals surface area contributed by atoms with Crippen LogP contribution < -0.4 is 0 Å². The van der Waals surface area contributed by atoms with E-state index < -0.39 is 6.17 Å². The largest absolute Gasteiger partial charge is 0.281 e. The monoisotopic (exact) mass is 246 g/mol. The van der Waals surface area contributed by atoms with Gasteiger partial charge in [-0.3, -0.25) is 4.79 Å². The molecule has 3 heteroatoms. The SMILES string of the molecule is O=C(Cl)C1CCC(C2CCC(F)CC2)CC1. The second kappa shape index (κ2) is 5.48. The maximum atomic E-state index is 13.0. The first-order chi connectivity index (χ1) is 7.66. The van der Waals surface area contributed by atoms with Gasteiger partial charge in [-0.1, -0.05) is 0 Å². The molecule has 0 atom stereocenters. The van der Waals surface area contributed by atoms with E-state index >= 15 is 0 Å². The van der Waals surface area contributed by atoms with E-state index in [9.17, 15) is 9.18 Å². The summed E-state index contributed by atoms with van der Waals surface area (Å²) in [6.45, 7) is 0. The smallest absolute Gasteiger partial charge is 0.224 e. The van der Waals surface area contributed by atoms with Gasteiger partial charge in [0.15, 0.2) is 0 Å². The third-order valence-electron chi connectivity index (χ3n) is 4.46. The van der Waals surface area contributed by atoms with Crippen LogP contribution in [0.1, 0.15) is 51.4 Å². The summed E-state index contributed by atoms with van der Waals surface area (Å²) in [5.41, 5.74) is 0. The number of rotatable bonds is 2. The van der Waals surface area contributed by atoms with Gasteiger partial charge in [-0.05, 0) is 74.8 Å². The third kappa shape index (κ3) is 2.97. The van der Waals surface area contributed by atoms with Gasteiger partial charge in [0, 0.05) is 5.92 Å². The first-order valence-corrected chi connectivity index (χ1v) is 6.88. The topological polar surface area (TPSA) is 17.1 Å². The van der Waals surface area contributed by atoms with E-state index in [0.717, 1.165) is 57.3 Å². The van der Waals surface area contributed by atoms with Crippen molar-refractivity contribution in [1.29, 1.82) is 0 Å². The molecule has 16 heavy (non-hydrogen) atoms. The molecule has 2 saturated carbocycles. The second-order valence-corrected chi connectivity index (χ2v) is 5.80. The predicted octanol–water partition coefficient (Wildman–Crippen LogP) is 4.09. The average Bonchev–Trinajstić information content (AvgIpc) is 2.30. The van der Waals surface area contributed by atoms with Crippen LogP contribution in [0.15, 0.2) is 0 Å². The Morgan fingerprint density at radius 3 is 1.75 bits per heavy atom. The van der Waals surface area contributed by atoms with Gasteiger partial charge in [0.25, 0.3) is 0 Å². The normalized spacial score (nSPS) is 40.6. The Morgan fingerprint density at radius 1 is 0.875 bits per heavy atom. The summed E-state index contributed by atoms with van der Waals surface area (Å²) in [5.74, 6) is 1.52. The Hall–Kier alpha value is -0.110. The number of hydrogen-bond donors (Lipinski definition) is 0. The Morgan fingerprint density at radius 2 is 1.31 bits per heavy atom. The van der Waals surface area contributed by atoms with Crippen LogP contribution in [0.4, 0.5) is 4.39 Å². The lowest BCUT2D eigenvalue weighted by molar-refractivity contribution is -0.116. The Balaban J connectivity index is 1.78. The number of hydrogen-bond acceptors (Lipinski definition) is 1. The van der Waals surface area contributed by atoms with Gasteiger partial charge >= 0.3 is 0 Å². The van der Waals surface area contributed by atoms with Crippen LogP contribution in [0.5, 0.6) is 0 Å². The number of carbonyl (C=O) groups is 1. The minimum Gasteiger partial charge on any atom is -0.281 e. The molecule has 0 amide bonds. The fraction of sp³-hybridized carbons (Fsp3) is 0.923. The van der Waals surface area contributed by atoms with Gasteiger partial charge in [-0.15, -0.1) is 0 Å². The Kier molecular flexibility index (Phi) is 4.23. The molecule has 0 unspecified atom stereocenters. The molecule has 0 aromatic heterocycles. The summed E-state index contributed by atoms with van der Waals surface area (Å²) in [5, 5.41) is -0.161. The molecule has 2 aliphatic rings. The first-order valence-electron chi connectivity index (χ1n) is 6.50. The first kappa shape index (κ1) is 12.3. The molecule has 92 valence electrons. The van der Waals surface area contributed by atoms with Crippen LogP contribution in [-0.2, 0) is 4.79 Å². The molecule has 0 aromatic carbocycles. The van der Waals surface area contributed by atoms with E-state index in [4.69, 9.17) is 11.6 Å². The van der Waals surface area contributed by atoms with Gasteiger partial charge in [0.1, 0.15) is 6.17 Å². The zero-order chi connectivity index (χ0) is 11.5. The van der Waals surface area contributed by atoms with E-state index in [2.05, 4.69) is 0 Å². The number of halogens is 2. The van der Waals surface area contributed by atoms with Crippen molar-refractivity contribution in [2.45, 2.75) is 57.5 Å². The lowest BCUT2D eigenvalue weighted by Gasteiger charge is -2.35. The maximum absolute atomic E-state index is 13.0. The van der Waals surface area contributed by atoms with Crippen LogP contribution in [-0.4, -0.2) is 11.4 Å². The number of carbonyl (C=O) groups excluding carboxylic acids is 1. The summed E-state index contributed by atoms with van der Waals surface area (Å²) < 4.78 is 13.0. The van der Waals surface area contributed by atoms with Gasteiger partial charge in [-0.2, -0.15) is 0 Å². The lowest BCUT2D eigenvalue weighted by atomic mass is 9.71. The fourth-order valence-electron chi connectivity index (χ4n) is 3.37. The van der Waals surface area contributed by atoms with E-state index in [1.54, 1.807) is 0 Å². The van der Waals surface area contributed by atoms with Crippen LogP contribution in [0.25, 0.3) is 0 Å². The van der Waals surface area contributed by atoms with Crippen LogP contribution >= 0.6 is 11.6 Å². The third-order valence-corrected chi connectivity index (χ3v) is 4.77. The molecule has 1 nitrogen and oxygen atoms in total. The van der Waals surface area contributed by atoms with E-state index in [0.29, 0.717) is 5.92 Å². The molecular formula is C13H20ClFO. The minimum atomic E-state index is -0.558. The molecule has 2 aliphatic carbocycles. The van der Waals surface area contributed by atoms with Gasteiger partial charge in [-0.25, -0.2) is 4.39 Å². The van der Waals surface area contributed by atoms with Gasteiger partial charge < -0.3 is 0 Å². The van der Waals surface area contributed by atoms with Crippen molar-refractivity contribution >= 4 is 16.8 Å². The molecule has 0 aliphatic heterocycles. The molecule has 0 saturated heterocycles. The van der Waals surface area contributed by atoms with Crippen LogP contribution in [0.3, 0.4) is 0 Å². The average molecular weight is 247 g/mol. The standard InChI is InChI=1S/C13H20ClFO/c14-13(16)11-3-1-9(2-4-11)10-5-7-12(15)8-6-10/h9-12H,1-8H2. The van der Waals surface area contributed by atoms with Gasteiger partial charge in [0.05, 0.1) is 0 Å². The van der Waals surface area contributed by atoms with Crippen molar-refractivity contribution in [3.8, 4) is 0 Å². The molecule has 2 fully saturated rings. The lowest BCUT2D eigenvalue weighted by Crippen LogP contribution is -2.27. The van der Waals surface area contributed by atoms with E-state index in [1.165, 1.54) is 0 Å². The zero-order valence-electron chi connectivity index (χ0n) is 9.63. The molecule has 2 rings (SSSR count). The molecule has 0 radical (unpaired) electrons. The highest BCUT2D eigenvalue weighted by atomic mass is 35.5. The highest BCUT2D eigenvalue weighted by Crippen LogP contribution is 2.40. The summed E-state index contributed by atoms with van der Waals surface area (Å²) in [6.07, 6.45) is 7.16. The summed E-state index contributed by atoms with van der Waals surface area (Å²) in [6, 6.07) is 0. The summed E-state index contributed by atoms with van der Waals surface area (Å²) in [7, 11) is 0. The zero-order valence-corrected chi connectivity index (χ0v) is 10.4. The highest BCUT2D eigenvalue weighted by molar-refractivity contribution is 6.63. The number of alkyl halides is 1. The quantitative estimate of drug-likeness (QED) is 0.671. The van der Waals surface area contributed by atoms with Crippen LogP contribution in [0, 0.1) is 17.8 Å². The molecule has 0 spiro atoms. The second-order valence-electron chi connectivity index (χ2n) is 5.43. The van der Waals surface area contributed by atoms with Crippen molar-refractivity contribution < 1.29 is 9.18 Å². The Bertz CT molecular complexity index is 240. The van der Waals surface area contributed by atoms with Crippen molar-refractivity contribution in [2.75, 3.05) is 0 Å². The van der Waals surface area contributed by atoms with Crippen LogP contribution in [0.2, 0.25) is 0 Å². The molecular weight excluding hydrogens is 227 g/mol. The summed E-state index contributed by atoms with van der Waals surface area (Å²) in [4.78, 5) is 11.0. The Labute approximate surface area is 102 Å².